The molecular weight excluding hydrogens is 212 g/mol. The van der Waals surface area contributed by atoms with Gasteiger partial charge in [-0.05, 0) is 24.7 Å². The van der Waals surface area contributed by atoms with Crippen LogP contribution in [0.25, 0.3) is 0 Å². The van der Waals surface area contributed by atoms with Crippen molar-refractivity contribution in [2.75, 3.05) is 13.7 Å². The molecule has 0 aromatic carbocycles. The van der Waals surface area contributed by atoms with Crippen molar-refractivity contribution < 1.29 is 4.74 Å². The highest BCUT2D eigenvalue weighted by Gasteiger charge is 2.16. The van der Waals surface area contributed by atoms with Crippen LogP contribution >= 0.6 is 0 Å². The summed E-state index contributed by atoms with van der Waals surface area (Å²) in [4.78, 5) is 0. The summed E-state index contributed by atoms with van der Waals surface area (Å²) in [5.41, 5.74) is 2.98. The van der Waals surface area contributed by atoms with Crippen LogP contribution < -0.4 is 11.3 Å². The van der Waals surface area contributed by atoms with Crippen LogP contribution in [-0.2, 0) is 4.74 Å². The largest absolute Gasteiger partial charge is 0.384 e. The molecule has 0 saturated carbocycles. The molecule has 0 spiro atoms. The average molecular weight is 244 g/mol. The Morgan fingerprint density at radius 3 is 2.41 bits per heavy atom. The zero-order valence-electron chi connectivity index (χ0n) is 12.2. The third-order valence-electron chi connectivity index (χ3n) is 3.53. The third kappa shape index (κ3) is 8.58. The molecule has 0 aliphatic rings. The molecule has 3 N–H and O–H groups in total. The molecule has 0 aromatic rings. The highest BCUT2D eigenvalue weighted by molar-refractivity contribution is 4.72. The Morgan fingerprint density at radius 2 is 1.94 bits per heavy atom. The van der Waals surface area contributed by atoms with Crippen LogP contribution in [0.15, 0.2) is 0 Å². The fourth-order valence-corrected chi connectivity index (χ4v) is 2.45. The van der Waals surface area contributed by atoms with E-state index in [9.17, 15) is 0 Å². The number of hydrogen-bond donors (Lipinski definition) is 2. The first-order valence-electron chi connectivity index (χ1n) is 7.12. The Kier molecular flexibility index (Phi) is 10.9. The number of hydrogen-bond acceptors (Lipinski definition) is 3. The van der Waals surface area contributed by atoms with Gasteiger partial charge in [0.25, 0.3) is 0 Å². The minimum absolute atomic E-state index is 0.432. The third-order valence-corrected chi connectivity index (χ3v) is 3.53. The lowest BCUT2D eigenvalue weighted by molar-refractivity contribution is 0.146. The normalized spacial score (nSPS) is 16.8. The molecule has 0 saturated heterocycles. The van der Waals surface area contributed by atoms with Gasteiger partial charge >= 0.3 is 0 Å². The number of unbranched alkanes of at least 4 members (excludes halogenated alkanes) is 1. The van der Waals surface area contributed by atoms with Crippen molar-refractivity contribution >= 4 is 0 Å². The Labute approximate surface area is 107 Å². The highest BCUT2D eigenvalue weighted by atomic mass is 16.5. The van der Waals surface area contributed by atoms with Crippen LogP contribution in [0.4, 0.5) is 0 Å². The summed E-state index contributed by atoms with van der Waals surface area (Å²) in [6.07, 6.45) is 7.52. The number of nitrogens with one attached hydrogen (secondary N) is 1. The Morgan fingerprint density at radius 1 is 1.24 bits per heavy atom. The van der Waals surface area contributed by atoms with Crippen molar-refractivity contribution in [1.29, 1.82) is 0 Å². The topological polar surface area (TPSA) is 47.3 Å². The van der Waals surface area contributed by atoms with Crippen LogP contribution in [0.3, 0.4) is 0 Å². The minimum atomic E-state index is 0.432. The lowest BCUT2D eigenvalue weighted by Gasteiger charge is -2.24. The van der Waals surface area contributed by atoms with E-state index < -0.39 is 0 Å². The zero-order valence-corrected chi connectivity index (χ0v) is 12.2. The molecule has 0 bridgehead atoms. The summed E-state index contributed by atoms with van der Waals surface area (Å²) in [7, 11) is 1.76. The van der Waals surface area contributed by atoms with Crippen molar-refractivity contribution in [1.82, 2.24) is 5.43 Å². The van der Waals surface area contributed by atoms with E-state index in [0.717, 1.165) is 18.9 Å². The van der Waals surface area contributed by atoms with Crippen LogP contribution in [0.1, 0.15) is 59.3 Å². The predicted molar refractivity (Wildman–Crippen MR) is 74.7 cm³/mol. The van der Waals surface area contributed by atoms with E-state index in [-0.39, 0.29) is 0 Å². The first kappa shape index (κ1) is 16.9. The van der Waals surface area contributed by atoms with Crippen LogP contribution in [0.2, 0.25) is 0 Å². The monoisotopic (exact) mass is 244 g/mol. The smallest absolute Gasteiger partial charge is 0.0488 e. The molecule has 0 aromatic heterocycles. The maximum absolute atomic E-state index is 5.66. The van der Waals surface area contributed by atoms with E-state index in [1.807, 2.05) is 0 Å². The Balaban J connectivity index is 3.98. The molecule has 0 fully saturated rings. The fraction of sp³-hybridized carbons (Fsp3) is 1.00. The van der Waals surface area contributed by atoms with E-state index in [2.05, 4.69) is 26.2 Å². The van der Waals surface area contributed by atoms with E-state index >= 15 is 0 Å². The molecule has 0 aliphatic heterocycles. The first-order chi connectivity index (χ1) is 8.17. The molecule has 0 radical (unpaired) electrons. The minimum Gasteiger partial charge on any atom is -0.384 e. The molecule has 0 heterocycles. The van der Waals surface area contributed by atoms with Gasteiger partial charge in [0.15, 0.2) is 0 Å². The Hall–Kier alpha value is -0.120. The number of hydrazine groups is 1. The van der Waals surface area contributed by atoms with Gasteiger partial charge in [0.1, 0.15) is 0 Å². The van der Waals surface area contributed by atoms with Gasteiger partial charge in [0.05, 0.1) is 0 Å². The summed E-state index contributed by atoms with van der Waals surface area (Å²) < 4.78 is 5.18. The number of nitrogens with two attached hydrogens (primary N) is 1. The van der Waals surface area contributed by atoms with Crippen molar-refractivity contribution in [3.63, 3.8) is 0 Å². The SMILES string of the molecule is CCCCC(CC)CC(CC(C)COC)NN. The molecule has 0 aliphatic carbocycles. The highest BCUT2D eigenvalue weighted by Crippen LogP contribution is 2.21. The molecule has 3 atom stereocenters. The summed E-state index contributed by atoms with van der Waals surface area (Å²) >= 11 is 0. The standard InChI is InChI=1S/C14H32N2O/c1-5-7-8-13(6-2)10-14(16-15)9-12(3)11-17-4/h12-14,16H,5-11,15H2,1-4H3. The van der Waals surface area contributed by atoms with Crippen LogP contribution in [0.5, 0.6) is 0 Å². The summed E-state index contributed by atoms with van der Waals surface area (Å²) in [5, 5.41) is 0. The van der Waals surface area contributed by atoms with Gasteiger partial charge in [-0.25, -0.2) is 0 Å². The van der Waals surface area contributed by atoms with Crippen LogP contribution in [0, 0.1) is 11.8 Å². The van der Waals surface area contributed by atoms with E-state index in [1.54, 1.807) is 7.11 Å². The molecule has 0 amide bonds. The van der Waals surface area contributed by atoms with E-state index in [0.29, 0.717) is 12.0 Å². The molecule has 104 valence electrons. The van der Waals surface area contributed by atoms with Gasteiger partial charge in [-0.1, -0.05) is 46.5 Å². The van der Waals surface area contributed by atoms with Crippen molar-refractivity contribution in [3.05, 3.63) is 0 Å². The van der Waals surface area contributed by atoms with Gasteiger partial charge in [-0.15, -0.1) is 0 Å². The molecule has 17 heavy (non-hydrogen) atoms. The molecule has 3 heteroatoms. The van der Waals surface area contributed by atoms with Crippen LogP contribution in [-0.4, -0.2) is 19.8 Å². The van der Waals surface area contributed by atoms with E-state index in [1.165, 1.54) is 32.1 Å². The average Bonchev–Trinajstić information content (AvgIpc) is 2.33. The number of methoxy groups -OCH3 is 1. The van der Waals surface area contributed by atoms with Gasteiger partial charge in [0.2, 0.25) is 0 Å². The second-order valence-corrected chi connectivity index (χ2v) is 5.31. The maximum atomic E-state index is 5.66. The fourth-order valence-electron chi connectivity index (χ4n) is 2.45. The van der Waals surface area contributed by atoms with Gasteiger partial charge in [0, 0.05) is 19.8 Å². The summed E-state index contributed by atoms with van der Waals surface area (Å²) in [6, 6.07) is 0.432. The maximum Gasteiger partial charge on any atom is 0.0488 e. The van der Waals surface area contributed by atoms with Crippen molar-refractivity contribution in [3.8, 4) is 0 Å². The van der Waals surface area contributed by atoms with Gasteiger partial charge in [-0.3, -0.25) is 11.3 Å². The number of rotatable bonds is 11. The molecule has 3 nitrogen and oxygen atoms in total. The second kappa shape index (κ2) is 11.0. The molecule has 0 rings (SSSR count). The van der Waals surface area contributed by atoms with Gasteiger partial charge < -0.3 is 4.74 Å². The Bertz CT molecular complexity index is 164. The zero-order chi connectivity index (χ0) is 13.1. The summed E-state index contributed by atoms with van der Waals surface area (Å²) in [6.45, 7) is 7.59. The summed E-state index contributed by atoms with van der Waals surface area (Å²) in [5.74, 6) is 7.04. The first-order valence-corrected chi connectivity index (χ1v) is 7.12. The lowest BCUT2D eigenvalue weighted by Crippen LogP contribution is -2.38. The van der Waals surface area contributed by atoms with Gasteiger partial charge in [-0.2, -0.15) is 0 Å². The number of ether oxygens (including phenoxy) is 1. The predicted octanol–water partition coefficient (Wildman–Crippen LogP) is 3.10. The molecule has 3 unspecified atom stereocenters. The molecular formula is C14H32N2O. The second-order valence-electron chi connectivity index (χ2n) is 5.31. The van der Waals surface area contributed by atoms with Crippen molar-refractivity contribution in [2.24, 2.45) is 17.7 Å². The van der Waals surface area contributed by atoms with Crippen molar-refractivity contribution in [2.45, 2.75) is 65.3 Å². The quantitative estimate of drug-likeness (QED) is 0.434. The lowest BCUT2D eigenvalue weighted by atomic mass is 9.89. The van der Waals surface area contributed by atoms with E-state index in [4.69, 9.17) is 10.6 Å².